The Morgan fingerprint density at radius 1 is 1.47 bits per heavy atom. The van der Waals surface area contributed by atoms with Crippen molar-refractivity contribution in [2.45, 2.75) is 12.8 Å². The lowest BCUT2D eigenvalue weighted by molar-refractivity contribution is 0.392. The van der Waals surface area contributed by atoms with Crippen LogP contribution in [0.3, 0.4) is 0 Å². The first-order valence-electron chi connectivity index (χ1n) is 5.90. The SMILES string of the molecule is c1ncc2nnnn2c1NCC1CCCNC1. The Morgan fingerprint density at radius 3 is 3.35 bits per heavy atom. The van der Waals surface area contributed by atoms with Crippen LogP contribution in [-0.2, 0) is 0 Å². The van der Waals surface area contributed by atoms with Crippen LogP contribution in [-0.4, -0.2) is 44.7 Å². The Morgan fingerprint density at radius 2 is 2.47 bits per heavy atom. The molecule has 0 saturated carbocycles. The molecular weight excluding hydrogens is 218 g/mol. The number of hydrogen-bond acceptors (Lipinski definition) is 6. The zero-order valence-electron chi connectivity index (χ0n) is 9.50. The molecule has 0 spiro atoms. The van der Waals surface area contributed by atoms with Crippen LogP contribution in [0.5, 0.6) is 0 Å². The summed E-state index contributed by atoms with van der Waals surface area (Å²) >= 11 is 0. The minimum absolute atomic E-state index is 0.662. The highest BCUT2D eigenvalue weighted by Crippen LogP contribution is 2.12. The van der Waals surface area contributed by atoms with Gasteiger partial charge in [0.05, 0.1) is 12.4 Å². The van der Waals surface area contributed by atoms with E-state index in [0.29, 0.717) is 11.6 Å². The molecule has 0 bridgehead atoms. The summed E-state index contributed by atoms with van der Waals surface area (Å²) in [6.07, 6.45) is 5.91. The van der Waals surface area contributed by atoms with Crippen molar-refractivity contribution in [2.24, 2.45) is 5.92 Å². The quantitative estimate of drug-likeness (QED) is 0.772. The number of fused-ring (bicyclic) bond motifs is 1. The number of nitrogens with one attached hydrogen (secondary N) is 2. The van der Waals surface area contributed by atoms with Crippen molar-refractivity contribution < 1.29 is 0 Å². The summed E-state index contributed by atoms with van der Waals surface area (Å²) in [6, 6.07) is 0. The average molecular weight is 233 g/mol. The third kappa shape index (κ3) is 2.19. The van der Waals surface area contributed by atoms with Crippen molar-refractivity contribution in [1.29, 1.82) is 0 Å². The lowest BCUT2D eigenvalue weighted by Gasteiger charge is -2.23. The molecule has 1 unspecified atom stereocenters. The van der Waals surface area contributed by atoms with Gasteiger partial charge in [-0.1, -0.05) is 0 Å². The van der Waals surface area contributed by atoms with Gasteiger partial charge in [-0.2, -0.15) is 4.52 Å². The first kappa shape index (κ1) is 10.4. The zero-order chi connectivity index (χ0) is 11.5. The summed E-state index contributed by atoms with van der Waals surface area (Å²) in [7, 11) is 0. The Balaban J connectivity index is 1.69. The zero-order valence-corrected chi connectivity index (χ0v) is 9.50. The van der Waals surface area contributed by atoms with Crippen LogP contribution in [0, 0.1) is 5.92 Å². The summed E-state index contributed by atoms with van der Waals surface area (Å²) in [5.41, 5.74) is 0.664. The molecule has 2 aromatic rings. The van der Waals surface area contributed by atoms with Gasteiger partial charge < -0.3 is 10.6 Å². The molecular formula is C10H15N7. The second kappa shape index (κ2) is 4.62. The van der Waals surface area contributed by atoms with Gasteiger partial charge in [0.25, 0.3) is 0 Å². The maximum Gasteiger partial charge on any atom is 0.199 e. The topological polar surface area (TPSA) is 80.0 Å². The van der Waals surface area contributed by atoms with Crippen molar-refractivity contribution in [3.05, 3.63) is 12.4 Å². The van der Waals surface area contributed by atoms with E-state index >= 15 is 0 Å². The first-order chi connectivity index (χ1) is 8.43. The minimum atomic E-state index is 0.662. The van der Waals surface area contributed by atoms with Gasteiger partial charge in [0.1, 0.15) is 5.82 Å². The van der Waals surface area contributed by atoms with E-state index in [1.54, 1.807) is 16.9 Å². The smallest absolute Gasteiger partial charge is 0.199 e. The summed E-state index contributed by atoms with van der Waals surface area (Å²) < 4.78 is 1.67. The molecule has 7 nitrogen and oxygen atoms in total. The maximum atomic E-state index is 4.11. The number of aromatic nitrogens is 5. The standard InChI is InChI=1S/C10H15N7/c1-2-8(4-11-3-1)5-13-9-6-12-7-10-14-15-16-17(9)10/h6-8,11,13H,1-5H2. The molecule has 1 aliphatic rings. The van der Waals surface area contributed by atoms with E-state index in [-0.39, 0.29) is 0 Å². The van der Waals surface area contributed by atoms with Crippen molar-refractivity contribution in [2.75, 3.05) is 25.0 Å². The number of hydrogen-bond donors (Lipinski definition) is 2. The highest BCUT2D eigenvalue weighted by molar-refractivity contribution is 5.43. The van der Waals surface area contributed by atoms with Crippen LogP contribution in [0.15, 0.2) is 12.4 Å². The molecule has 17 heavy (non-hydrogen) atoms. The Bertz CT molecular complexity index is 488. The molecule has 0 amide bonds. The fraction of sp³-hybridized carbons (Fsp3) is 0.600. The lowest BCUT2D eigenvalue weighted by atomic mass is 10.00. The highest BCUT2D eigenvalue weighted by atomic mass is 15.5. The van der Waals surface area contributed by atoms with E-state index in [4.69, 9.17) is 0 Å². The minimum Gasteiger partial charge on any atom is -0.368 e. The maximum absolute atomic E-state index is 4.11. The normalized spacial score (nSPS) is 20.6. The summed E-state index contributed by atoms with van der Waals surface area (Å²) in [5.74, 6) is 1.51. The highest BCUT2D eigenvalue weighted by Gasteiger charge is 2.13. The van der Waals surface area contributed by atoms with Gasteiger partial charge in [-0.25, -0.2) is 0 Å². The van der Waals surface area contributed by atoms with Crippen LogP contribution >= 0.6 is 0 Å². The third-order valence-electron chi connectivity index (χ3n) is 3.08. The Labute approximate surface area is 98.6 Å². The largest absolute Gasteiger partial charge is 0.368 e. The lowest BCUT2D eigenvalue weighted by Crippen LogP contribution is -2.33. The van der Waals surface area contributed by atoms with Gasteiger partial charge in [-0.3, -0.25) is 4.98 Å². The van der Waals surface area contributed by atoms with Crippen molar-refractivity contribution in [1.82, 2.24) is 30.3 Å². The van der Waals surface area contributed by atoms with E-state index in [9.17, 15) is 0 Å². The summed E-state index contributed by atoms with van der Waals surface area (Å²) in [6.45, 7) is 3.14. The van der Waals surface area contributed by atoms with Gasteiger partial charge in [-0.05, 0) is 42.3 Å². The fourth-order valence-electron chi connectivity index (χ4n) is 2.14. The van der Waals surface area contributed by atoms with Gasteiger partial charge in [0, 0.05) is 6.54 Å². The average Bonchev–Trinajstić information content (AvgIpc) is 2.86. The number of tetrazole rings is 1. The summed E-state index contributed by atoms with van der Waals surface area (Å²) in [5, 5.41) is 18.2. The van der Waals surface area contributed by atoms with E-state index in [1.807, 2.05) is 0 Å². The van der Waals surface area contributed by atoms with Crippen LogP contribution < -0.4 is 10.6 Å². The van der Waals surface area contributed by atoms with Crippen LogP contribution in [0.25, 0.3) is 5.65 Å². The predicted octanol–water partition coefficient (Wildman–Crippen LogP) is -0.0692. The van der Waals surface area contributed by atoms with Gasteiger partial charge >= 0.3 is 0 Å². The van der Waals surface area contributed by atoms with E-state index < -0.39 is 0 Å². The molecule has 7 heteroatoms. The molecule has 2 aromatic heterocycles. The van der Waals surface area contributed by atoms with Crippen LogP contribution in [0.2, 0.25) is 0 Å². The number of anilines is 1. The van der Waals surface area contributed by atoms with Crippen LogP contribution in [0.1, 0.15) is 12.8 Å². The monoisotopic (exact) mass is 233 g/mol. The molecule has 3 heterocycles. The molecule has 3 rings (SSSR count). The summed E-state index contributed by atoms with van der Waals surface area (Å²) in [4.78, 5) is 4.11. The van der Waals surface area contributed by atoms with Gasteiger partial charge in [0.15, 0.2) is 5.65 Å². The second-order valence-corrected chi connectivity index (χ2v) is 4.33. The molecule has 90 valence electrons. The molecule has 1 saturated heterocycles. The molecule has 1 aliphatic heterocycles. The Kier molecular flexibility index (Phi) is 2.83. The predicted molar refractivity (Wildman–Crippen MR) is 62.7 cm³/mol. The molecule has 2 N–H and O–H groups in total. The van der Waals surface area contributed by atoms with E-state index in [2.05, 4.69) is 31.1 Å². The molecule has 0 aromatic carbocycles. The Hall–Kier alpha value is -1.76. The molecule has 0 radical (unpaired) electrons. The second-order valence-electron chi connectivity index (χ2n) is 4.33. The third-order valence-corrected chi connectivity index (χ3v) is 3.08. The first-order valence-corrected chi connectivity index (χ1v) is 5.90. The van der Waals surface area contributed by atoms with Gasteiger partial charge in [0.2, 0.25) is 0 Å². The fourth-order valence-corrected chi connectivity index (χ4v) is 2.14. The van der Waals surface area contributed by atoms with Crippen molar-refractivity contribution in [3.63, 3.8) is 0 Å². The number of piperidine rings is 1. The van der Waals surface area contributed by atoms with Crippen molar-refractivity contribution >= 4 is 11.5 Å². The molecule has 0 aliphatic carbocycles. The number of nitrogens with zero attached hydrogens (tertiary/aromatic N) is 5. The van der Waals surface area contributed by atoms with Gasteiger partial charge in [-0.15, -0.1) is 5.10 Å². The van der Waals surface area contributed by atoms with E-state index in [1.165, 1.54) is 12.8 Å². The van der Waals surface area contributed by atoms with Crippen molar-refractivity contribution in [3.8, 4) is 0 Å². The number of rotatable bonds is 3. The van der Waals surface area contributed by atoms with E-state index in [0.717, 1.165) is 25.5 Å². The molecule has 1 fully saturated rings. The molecule has 1 atom stereocenters. The van der Waals surface area contributed by atoms with Crippen LogP contribution in [0.4, 0.5) is 5.82 Å².